The van der Waals surface area contributed by atoms with Crippen LogP contribution in [-0.4, -0.2) is 48.4 Å². The number of nitrogens with zero attached hydrogens (tertiary/aromatic N) is 1. The van der Waals surface area contributed by atoms with E-state index >= 15 is 0 Å². The van der Waals surface area contributed by atoms with Gasteiger partial charge in [-0.2, -0.15) is 0 Å². The van der Waals surface area contributed by atoms with Crippen molar-refractivity contribution in [2.45, 2.75) is 45.3 Å². The van der Waals surface area contributed by atoms with Gasteiger partial charge in [0.15, 0.2) is 5.12 Å². The molecule has 0 radical (unpaired) electrons. The molecular weight excluding hydrogens is 272 g/mol. The van der Waals surface area contributed by atoms with E-state index in [0.717, 1.165) is 25.8 Å². The largest absolute Gasteiger partial charge is 0.355 e. The summed E-state index contributed by atoms with van der Waals surface area (Å²) >= 11 is 1.39. The fourth-order valence-corrected chi connectivity index (χ4v) is 3.95. The van der Waals surface area contributed by atoms with Crippen LogP contribution >= 0.6 is 11.8 Å². The molecule has 116 valence electrons. The maximum Gasteiger partial charge on any atom is 0.223 e. The molecular formula is C15H28N2O2S. The van der Waals surface area contributed by atoms with Crippen molar-refractivity contribution in [3.63, 3.8) is 0 Å². The van der Waals surface area contributed by atoms with Crippen LogP contribution in [0.25, 0.3) is 0 Å². The highest BCUT2D eigenvalue weighted by Crippen LogP contribution is 2.34. The van der Waals surface area contributed by atoms with E-state index < -0.39 is 0 Å². The average molecular weight is 300 g/mol. The summed E-state index contributed by atoms with van der Waals surface area (Å²) in [5, 5.41) is 3.57. The summed E-state index contributed by atoms with van der Waals surface area (Å²) in [4.78, 5) is 25.4. The van der Waals surface area contributed by atoms with Crippen LogP contribution in [0.2, 0.25) is 0 Å². The zero-order valence-corrected chi connectivity index (χ0v) is 14.2. The van der Waals surface area contributed by atoms with E-state index in [-0.39, 0.29) is 22.4 Å². The third kappa shape index (κ3) is 6.27. The van der Waals surface area contributed by atoms with Gasteiger partial charge in [-0.1, -0.05) is 25.6 Å². The maximum atomic E-state index is 12.2. The Bertz CT molecular complexity index is 356. The van der Waals surface area contributed by atoms with Crippen LogP contribution in [0.5, 0.6) is 0 Å². The van der Waals surface area contributed by atoms with E-state index in [0.29, 0.717) is 11.8 Å². The van der Waals surface area contributed by atoms with Gasteiger partial charge in [0.05, 0.1) is 0 Å². The second kappa shape index (κ2) is 7.46. The van der Waals surface area contributed by atoms with Crippen LogP contribution in [0.4, 0.5) is 0 Å². The fraction of sp³-hybridized carbons (Fsp3) is 0.867. The van der Waals surface area contributed by atoms with Crippen LogP contribution in [0.15, 0.2) is 0 Å². The highest BCUT2D eigenvalue weighted by atomic mass is 32.2. The van der Waals surface area contributed by atoms with Crippen LogP contribution in [-0.2, 0) is 9.59 Å². The summed E-state index contributed by atoms with van der Waals surface area (Å²) in [6.45, 7) is 7.57. The lowest BCUT2D eigenvalue weighted by molar-refractivity contribution is -0.125. The first-order valence-electron chi connectivity index (χ1n) is 7.29. The van der Waals surface area contributed by atoms with Gasteiger partial charge >= 0.3 is 0 Å². The molecule has 0 bridgehead atoms. The SMILES string of the molecule is CC(=O)SC1CCC(C(=O)NCC(C)(C)CN(C)C)C1. The van der Waals surface area contributed by atoms with Crippen molar-refractivity contribution in [3.8, 4) is 0 Å². The van der Waals surface area contributed by atoms with Gasteiger partial charge in [-0.15, -0.1) is 0 Å². The molecule has 0 saturated heterocycles. The van der Waals surface area contributed by atoms with Crippen molar-refractivity contribution in [1.82, 2.24) is 10.2 Å². The van der Waals surface area contributed by atoms with Gasteiger partial charge in [0, 0.05) is 31.2 Å². The predicted octanol–water partition coefficient (Wildman–Crippen LogP) is 2.14. The van der Waals surface area contributed by atoms with E-state index in [4.69, 9.17) is 0 Å². The quantitative estimate of drug-likeness (QED) is 0.816. The average Bonchev–Trinajstić information content (AvgIpc) is 2.71. The minimum absolute atomic E-state index is 0.0747. The normalized spacial score (nSPS) is 23.1. The Labute approximate surface area is 127 Å². The van der Waals surface area contributed by atoms with Crippen LogP contribution < -0.4 is 5.32 Å². The summed E-state index contributed by atoms with van der Waals surface area (Å²) in [6.07, 6.45) is 2.72. The summed E-state index contributed by atoms with van der Waals surface area (Å²) in [5.41, 5.74) is 0.0747. The summed E-state index contributed by atoms with van der Waals surface area (Å²) < 4.78 is 0. The molecule has 1 aliphatic rings. The van der Waals surface area contributed by atoms with Crippen molar-refractivity contribution in [2.75, 3.05) is 27.2 Å². The molecule has 0 heterocycles. The van der Waals surface area contributed by atoms with Crippen molar-refractivity contribution in [1.29, 1.82) is 0 Å². The third-order valence-corrected chi connectivity index (χ3v) is 4.67. The second-order valence-corrected chi connectivity index (χ2v) is 8.34. The Morgan fingerprint density at radius 3 is 2.50 bits per heavy atom. The van der Waals surface area contributed by atoms with Gasteiger partial charge in [0.1, 0.15) is 0 Å². The van der Waals surface area contributed by atoms with Crippen LogP contribution in [0.3, 0.4) is 0 Å². The molecule has 0 aliphatic heterocycles. The summed E-state index contributed by atoms with van der Waals surface area (Å²) in [7, 11) is 4.09. The Hall–Kier alpha value is -0.550. The fourth-order valence-electron chi connectivity index (χ4n) is 2.90. The molecule has 0 spiro atoms. The first-order chi connectivity index (χ1) is 9.19. The number of hydrogen-bond donors (Lipinski definition) is 1. The minimum Gasteiger partial charge on any atom is -0.355 e. The highest BCUT2D eigenvalue weighted by Gasteiger charge is 2.31. The third-order valence-electron chi connectivity index (χ3n) is 3.57. The molecule has 0 aromatic rings. The Balaban J connectivity index is 2.35. The van der Waals surface area contributed by atoms with E-state index in [9.17, 15) is 9.59 Å². The van der Waals surface area contributed by atoms with Gasteiger partial charge in [-0.25, -0.2) is 0 Å². The standard InChI is InChI=1S/C15H28N2O2S/c1-11(18)20-13-7-6-12(8-13)14(19)16-9-15(2,3)10-17(4)5/h12-13H,6-10H2,1-5H3,(H,16,19). The molecule has 1 amide bonds. The number of carbonyl (C=O) groups is 2. The molecule has 1 saturated carbocycles. The zero-order chi connectivity index (χ0) is 15.3. The van der Waals surface area contributed by atoms with Crippen molar-refractivity contribution < 1.29 is 9.59 Å². The molecule has 20 heavy (non-hydrogen) atoms. The molecule has 1 fully saturated rings. The van der Waals surface area contributed by atoms with Gasteiger partial charge in [0.2, 0.25) is 5.91 Å². The first-order valence-corrected chi connectivity index (χ1v) is 8.17. The first kappa shape index (κ1) is 17.5. The molecule has 2 atom stereocenters. The topological polar surface area (TPSA) is 49.4 Å². The second-order valence-electron chi connectivity index (χ2n) is 6.86. The summed E-state index contributed by atoms with van der Waals surface area (Å²) in [5.74, 6) is 0.241. The van der Waals surface area contributed by atoms with E-state index in [1.807, 2.05) is 14.1 Å². The Kier molecular flexibility index (Phi) is 6.52. The number of thioether (sulfide) groups is 1. The molecule has 0 aromatic carbocycles. The molecule has 2 unspecified atom stereocenters. The lowest BCUT2D eigenvalue weighted by atomic mass is 9.92. The monoisotopic (exact) mass is 300 g/mol. The molecule has 1 rings (SSSR count). The van der Waals surface area contributed by atoms with Crippen molar-refractivity contribution >= 4 is 22.8 Å². The molecule has 5 heteroatoms. The molecule has 1 aliphatic carbocycles. The predicted molar refractivity (Wildman–Crippen MR) is 84.7 cm³/mol. The van der Waals surface area contributed by atoms with E-state index in [1.54, 1.807) is 6.92 Å². The Morgan fingerprint density at radius 2 is 1.95 bits per heavy atom. The van der Waals surface area contributed by atoms with Crippen molar-refractivity contribution in [2.24, 2.45) is 11.3 Å². The number of rotatable bonds is 6. The molecule has 4 nitrogen and oxygen atoms in total. The lowest BCUT2D eigenvalue weighted by Crippen LogP contribution is -2.41. The van der Waals surface area contributed by atoms with Crippen LogP contribution in [0.1, 0.15) is 40.0 Å². The molecule has 0 aromatic heterocycles. The Morgan fingerprint density at radius 1 is 1.30 bits per heavy atom. The lowest BCUT2D eigenvalue weighted by Gasteiger charge is -2.29. The zero-order valence-electron chi connectivity index (χ0n) is 13.4. The van der Waals surface area contributed by atoms with Gasteiger partial charge in [-0.05, 0) is 38.8 Å². The number of nitrogens with one attached hydrogen (secondary N) is 1. The van der Waals surface area contributed by atoms with Crippen LogP contribution in [0, 0.1) is 11.3 Å². The van der Waals surface area contributed by atoms with E-state index in [1.165, 1.54) is 11.8 Å². The van der Waals surface area contributed by atoms with Crippen molar-refractivity contribution in [3.05, 3.63) is 0 Å². The number of hydrogen-bond acceptors (Lipinski definition) is 4. The smallest absolute Gasteiger partial charge is 0.223 e. The summed E-state index contributed by atoms with van der Waals surface area (Å²) in [6, 6.07) is 0. The van der Waals surface area contributed by atoms with Gasteiger partial charge in [0.25, 0.3) is 0 Å². The number of amides is 1. The van der Waals surface area contributed by atoms with Gasteiger partial charge < -0.3 is 10.2 Å². The maximum absolute atomic E-state index is 12.2. The highest BCUT2D eigenvalue weighted by molar-refractivity contribution is 8.14. The number of carbonyl (C=O) groups excluding carboxylic acids is 2. The molecule has 1 N–H and O–H groups in total. The van der Waals surface area contributed by atoms with Gasteiger partial charge in [-0.3, -0.25) is 9.59 Å². The minimum atomic E-state index is 0.0747. The van der Waals surface area contributed by atoms with E-state index in [2.05, 4.69) is 24.1 Å².